The lowest BCUT2D eigenvalue weighted by molar-refractivity contribution is -0.0842. The molecular formula is C89H209N5O24. The molecule has 1 fully saturated rings. The molecule has 3 unspecified atom stereocenters. The van der Waals surface area contributed by atoms with Crippen LogP contribution in [0.5, 0.6) is 0 Å². The number of hydrogen-bond acceptors (Lipinski definition) is 29. The molecule has 734 valence electrons. The van der Waals surface area contributed by atoms with Crippen molar-refractivity contribution in [1.29, 1.82) is 0 Å². The van der Waals surface area contributed by atoms with Crippen molar-refractivity contribution in [3.05, 3.63) is 0 Å². The smallest absolute Gasteiger partial charge is 0.100 e. The zero-order valence-electron chi connectivity index (χ0n) is 84.1. The summed E-state index contributed by atoms with van der Waals surface area (Å²) in [5.41, 5.74) is 15.7. The zero-order valence-corrected chi connectivity index (χ0v) is 84.1. The number of ether oxygens (including phenoxy) is 14. The Morgan fingerprint density at radius 2 is 0.737 bits per heavy atom. The van der Waals surface area contributed by atoms with Crippen molar-refractivity contribution in [2.45, 2.75) is 408 Å². The van der Waals surface area contributed by atoms with Crippen LogP contribution in [0.25, 0.3) is 0 Å². The first-order valence-corrected chi connectivity index (χ1v) is 43.9. The number of aliphatic hydroxyl groups excluding tert-OH is 10. The van der Waals surface area contributed by atoms with E-state index in [1.807, 2.05) is 215 Å². The summed E-state index contributed by atoms with van der Waals surface area (Å²) >= 11 is 0. The van der Waals surface area contributed by atoms with E-state index in [4.69, 9.17) is 135 Å². The maximum atomic E-state index is 8.84. The Labute approximate surface area is 728 Å². The van der Waals surface area contributed by atoms with E-state index in [0.29, 0.717) is 95.3 Å². The molecule has 0 saturated heterocycles. The van der Waals surface area contributed by atoms with Gasteiger partial charge in [0, 0.05) is 64.2 Å². The Morgan fingerprint density at radius 3 is 0.966 bits per heavy atom. The summed E-state index contributed by atoms with van der Waals surface area (Å²) in [4.78, 5) is 2.11. The van der Waals surface area contributed by atoms with Crippen LogP contribution >= 0.6 is 0 Å². The van der Waals surface area contributed by atoms with E-state index in [9.17, 15) is 0 Å². The van der Waals surface area contributed by atoms with Gasteiger partial charge >= 0.3 is 0 Å². The molecule has 0 radical (unpaired) electrons. The van der Waals surface area contributed by atoms with Crippen LogP contribution in [0.3, 0.4) is 0 Å². The molecule has 1 rings (SSSR count). The van der Waals surface area contributed by atoms with Gasteiger partial charge in [-0.15, -0.1) is 0 Å². The van der Waals surface area contributed by atoms with Crippen molar-refractivity contribution in [3.63, 3.8) is 0 Å². The highest BCUT2D eigenvalue weighted by atomic mass is 16.5. The van der Waals surface area contributed by atoms with Crippen molar-refractivity contribution in [2.24, 2.45) is 29.0 Å². The highest BCUT2D eigenvalue weighted by molar-refractivity contribution is 4.72. The van der Waals surface area contributed by atoms with Crippen molar-refractivity contribution in [3.8, 4) is 0 Å². The third-order valence-electron chi connectivity index (χ3n) is 12.1. The molecule has 1 aliphatic carbocycles. The predicted molar refractivity (Wildman–Crippen MR) is 492 cm³/mol. The summed E-state index contributed by atoms with van der Waals surface area (Å²) in [5.74, 6) is 1.68. The number of nitrogens with one attached hydrogen (secondary N) is 1. The second-order valence-electron chi connectivity index (χ2n) is 34.0. The number of aliphatic hydroxyl groups is 10. The van der Waals surface area contributed by atoms with Crippen molar-refractivity contribution in [2.75, 3.05) is 166 Å². The number of nitrogens with zero attached hydrogens (tertiary/aromatic N) is 1. The lowest BCUT2D eigenvalue weighted by Gasteiger charge is -2.24. The van der Waals surface area contributed by atoms with Gasteiger partial charge in [0.1, 0.15) is 12.2 Å². The van der Waals surface area contributed by atoms with Crippen molar-refractivity contribution in [1.82, 2.24) is 10.2 Å². The highest BCUT2D eigenvalue weighted by Crippen LogP contribution is 2.29. The van der Waals surface area contributed by atoms with Gasteiger partial charge in [-0.3, -0.25) is 0 Å². The minimum atomic E-state index is -0.729. The normalized spacial score (nSPS) is 13.0. The highest BCUT2D eigenvalue weighted by Gasteiger charge is 2.21. The molecule has 0 aromatic carbocycles. The van der Waals surface area contributed by atoms with Gasteiger partial charge in [-0.05, 0) is 300 Å². The van der Waals surface area contributed by atoms with E-state index in [-0.39, 0.29) is 125 Å². The average molecular weight is 1730 g/mol. The molecule has 29 nitrogen and oxygen atoms in total. The quantitative estimate of drug-likeness (QED) is 0.0252. The molecule has 0 spiro atoms. The van der Waals surface area contributed by atoms with Crippen LogP contribution in [0.2, 0.25) is 0 Å². The van der Waals surface area contributed by atoms with Gasteiger partial charge in [0.25, 0.3) is 0 Å². The molecule has 0 aromatic rings. The molecule has 118 heavy (non-hydrogen) atoms. The van der Waals surface area contributed by atoms with E-state index in [1.165, 1.54) is 19.3 Å². The van der Waals surface area contributed by atoms with Crippen LogP contribution in [0.15, 0.2) is 0 Å². The van der Waals surface area contributed by atoms with Crippen molar-refractivity contribution >= 4 is 0 Å². The van der Waals surface area contributed by atoms with Gasteiger partial charge in [0.2, 0.25) is 0 Å². The summed E-state index contributed by atoms with van der Waals surface area (Å²) < 4.78 is 72.4. The molecule has 17 N–H and O–H groups in total. The first-order valence-electron chi connectivity index (χ1n) is 43.9. The molecule has 1 aliphatic rings. The van der Waals surface area contributed by atoms with Gasteiger partial charge in [-0.1, -0.05) is 13.8 Å². The van der Waals surface area contributed by atoms with Gasteiger partial charge in [0.05, 0.1) is 196 Å². The van der Waals surface area contributed by atoms with Crippen LogP contribution in [-0.2, 0) is 66.3 Å². The average Bonchev–Trinajstić information content (AvgIpc) is 1.81. The van der Waals surface area contributed by atoms with Gasteiger partial charge < -0.3 is 145 Å². The molecule has 0 amide bonds. The lowest BCUT2D eigenvalue weighted by atomic mass is 10.1. The maximum absolute atomic E-state index is 8.84. The molecule has 1 saturated carbocycles. The fraction of sp³-hybridized carbons (Fsp3) is 1.00. The Bertz CT molecular complexity index is 1620. The second-order valence-corrected chi connectivity index (χ2v) is 34.0. The monoisotopic (exact) mass is 1730 g/mol. The van der Waals surface area contributed by atoms with E-state index in [0.717, 1.165) is 57.8 Å². The van der Waals surface area contributed by atoms with Crippen LogP contribution in [0.4, 0.5) is 0 Å². The van der Waals surface area contributed by atoms with Gasteiger partial charge in [-0.2, -0.15) is 0 Å². The number of nitrogens with two attached hydrogens (primary N) is 3. The van der Waals surface area contributed by atoms with Crippen molar-refractivity contribution < 1.29 is 117 Å². The molecule has 0 bridgehead atoms. The predicted octanol–water partition coefficient (Wildman–Crippen LogP) is 11.0. The number of rotatable bonds is 50. The first kappa shape index (κ1) is 145. The Balaban J connectivity index is -0.0000000915. The van der Waals surface area contributed by atoms with Gasteiger partial charge in [-0.25, -0.2) is 0 Å². The third-order valence-corrected chi connectivity index (χ3v) is 12.1. The fourth-order valence-corrected chi connectivity index (χ4v) is 6.15. The Kier molecular flexibility index (Phi) is 133. The largest absolute Gasteiger partial charge is 0.396 e. The molecule has 0 aromatic heterocycles. The first-order chi connectivity index (χ1) is 54.3. The number of likely N-dealkylation sites (N-methyl/N-ethyl adjacent to an activating group) is 2. The van der Waals surface area contributed by atoms with Crippen LogP contribution in [0, 0.1) is 11.8 Å². The SMILES string of the molecule is CC(C)CCOC(C)C.CC(C)OC(C)(C)CO.CC(C)OC(C)CO.CC(C)OCC(C)(C)N.CC(C)OCC1CC1.CC(C)OCCC(O)CO.CC(C)OCCCO.CC(C)OCCN.CC(C)OCCN(C)C.CC(C)OCCO.CC(C)OC[C@@H](O)CO.CC(C)OC[C@H](O)CO.CC(N)COC(C)C.CNCCOC(C)C. The summed E-state index contributed by atoms with van der Waals surface area (Å²) in [6, 6.07) is 0.164. The maximum Gasteiger partial charge on any atom is 0.100 e. The molecule has 29 heteroatoms. The van der Waals surface area contributed by atoms with E-state index < -0.39 is 18.3 Å². The third kappa shape index (κ3) is 212. The summed E-state index contributed by atoms with van der Waals surface area (Å²) in [6.07, 6.45) is 6.96. The minimum absolute atomic E-state index is 0.0185. The summed E-state index contributed by atoms with van der Waals surface area (Å²) in [6.45, 7) is 81.5. The van der Waals surface area contributed by atoms with Crippen LogP contribution in [-0.4, -0.2) is 349 Å². The van der Waals surface area contributed by atoms with E-state index in [1.54, 1.807) is 0 Å². The van der Waals surface area contributed by atoms with Crippen LogP contribution < -0.4 is 22.5 Å². The molecule has 5 atom stereocenters. The molecule has 0 aliphatic heterocycles. The van der Waals surface area contributed by atoms with E-state index in [2.05, 4.69) is 65.6 Å². The van der Waals surface area contributed by atoms with Crippen LogP contribution in [0.1, 0.15) is 281 Å². The minimum Gasteiger partial charge on any atom is -0.396 e. The zero-order chi connectivity index (χ0) is 95.4. The summed E-state index contributed by atoms with van der Waals surface area (Å²) in [5, 5.41) is 88.0. The molecule has 0 heterocycles. The Morgan fingerprint density at radius 1 is 0.390 bits per heavy atom. The fourth-order valence-electron chi connectivity index (χ4n) is 6.15. The second kappa shape index (κ2) is 108. The Hall–Kier alpha value is -1.16. The summed E-state index contributed by atoms with van der Waals surface area (Å²) in [7, 11) is 6.01. The number of hydrogen-bond donors (Lipinski definition) is 14. The van der Waals surface area contributed by atoms with Gasteiger partial charge in [0.15, 0.2) is 0 Å². The topological polar surface area (TPSA) is 425 Å². The lowest BCUT2D eigenvalue weighted by Crippen LogP contribution is -2.38. The standard InChI is InChI=1S/C8H18O.2C7H17NO.C7H16O3.C7H16O2.C7H14O.2C6H15NO.2C6H14O3.2C6H14O2.C5H13NO.C5H12O2/c1-7(2)5-6-9-8(3)4;1-7(2)9-6-5-8(3)4;1-6(2)9-5-7(3,4)8;1-6(2)10-4-3-7(9)5-8;1-6(2)9-7(3,4)5-8;1-6(2)8-5-7-3-4-7;1-6(2)8-5-4-7-3;1-5(2)8-4-6(3)7;2*1-5(2)9-4-6(8)3-7;1-5(2)8-6(3)4-7;1-6(2)8-5-3-4-7;2*1-5(2)7-4-3-6/h7-8H,5-6H2,1-4H3;7H,5-6H2,1-4H3;6H,5,8H2,1-4H3;6-9H,3-5H2,1-2H3;6,8H,5H2,1-4H3;6-7H,3-5H2,1-2H3;6-7H,4-5H2,1-3H3;5-6H,4,7H2,1-3H3;2*5-8H,3-4H2,1-2H3;5-7H,4H2,1-3H3;6-7H,3-5H2,1-2H3;5H,3-4,6H2,1-2H3;5-6H,3-4H2,1-2H3/t;;;;;;;;2*6-;;;;/m........10..../s1. The van der Waals surface area contributed by atoms with E-state index >= 15 is 0 Å². The molecular weight excluding hydrogens is 1520 g/mol.